The number of ether oxygens (including phenoxy) is 2. The standard InChI is InChI=1S/C9H13NO5/c1-3-14-7(11)5(2)4-6-8(12)15-9(13)10-6/h5-6H,3-4H2,1-2H3,(H,10,13)/t5?,6-/m0/s1. The molecule has 1 rings (SSSR count). The van der Waals surface area contributed by atoms with Gasteiger partial charge in [0.15, 0.2) is 0 Å². The summed E-state index contributed by atoms with van der Waals surface area (Å²) in [4.78, 5) is 32.9. The van der Waals surface area contributed by atoms with Crippen LogP contribution >= 0.6 is 0 Å². The highest BCUT2D eigenvalue weighted by Gasteiger charge is 2.34. The lowest BCUT2D eigenvalue weighted by Gasteiger charge is -2.12. The Hall–Kier alpha value is -1.59. The van der Waals surface area contributed by atoms with Crippen LogP contribution in [0.15, 0.2) is 0 Å². The summed E-state index contributed by atoms with van der Waals surface area (Å²) < 4.78 is 9.05. The summed E-state index contributed by atoms with van der Waals surface area (Å²) in [7, 11) is 0. The van der Waals surface area contributed by atoms with Crippen LogP contribution in [0.1, 0.15) is 20.3 Å². The molecule has 6 nitrogen and oxygen atoms in total. The van der Waals surface area contributed by atoms with Crippen molar-refractivity contribution < 1.29 is 23.9 Å². The molecule has 1 aliphatic rings. The number of hydrogen-bond acceptors (Lipinski definition) is 5. The number of carbonyl (C=O) groups excluding carboxylic acids is 3. The Labute approximate surface area is 86.9 Å². The number of esters is 2. The lowest BCUT2D eigenvalue weighted by atomic mass is 10.0. The van der Waals surface area contributed by atoms with Gasteiger partial charge in [-0.15, -0.1) is 0 Å². The molecule has 1 N–H and O–H groups in total. The molecule has 0 aromatic rings. The van der Waals surface area contributed by atoms with Crippen LogP contribution in [0.5, 0.6) is 0 Å². The van der Waals surface area contributed by atoms with Gasteiger partial charge in [-0.05, 0) is 13.3 Å². The topological polar surface area (TPSA) is 81.7 Å². The van der Waals surface area contributed by atoms with Crippen molar-refractivity contribution in [3.8, 4) is 0 Å². The molecule has 0 aliphatic carbocycles. The highest BCUT2D eigenvalue weighted by atomic mass is 16.6. The van der Waals surface area contributed by atoms with E-state index in [1.807, 2.05) is 0 Å². The second-order valence-electron chi connectivity index (χ2n) is 3.29. The van der Waals surface area contributed by atoms with Crippen LogP contribution in [0, 0.1) is 5.92 Å². The van der Waals surface area contributed by atoms with Crippen LogP contribution in [-0.2, 0) is 19.1 Å². The summed E-state index contributed by atoms with van der Waals surface area (Å²) >= 11 is 0. The van der Waals surface area contributed by atoms with Crippen LogP contribution in [0.4, 0.5) is 4.79 Å². The maximum absolute atomic E-state index is 11.2. The highest BCUT2D eigenvalue weighted by molar-refractivity contribution is 5.95. The Bertz CT molecular complexity index is 288. The first kappa shape index (κ1) is 11.5. The fourth-order valence-electron chi connectivity index (χ4n) is 1.28. The van der Waals surface area contributed by atoms with Gasteiger partial charge in [0.25, 0.3) is 0 Å². The van der Waals surface area contributed by atoms with Crippen molar-refractivity contribution in [2.24, 2.45) is 5.92 Å². The predicted octanol–water partition coefficient (Wildman–Crippen LogP) is 0.211. The Morgan fingerprint density at radius 1 is 1.60 bits per heavy atom. The molecule has 0 aromatic heterocycles. The molecule has 84 valence electrons. The first-order valence-electron chi connectivity index (χ1n) is 4.73. The number of amides is 1. The third-order valence-electron chi connectivity index (χ3n) is 2.05. The SMILES string of the molecule is CCOC(=O)C(C)C[C@@H]1NC(=O)OC1=O. The van der Waals surface area contributed by atoms with Gasteiger partial charge in [-0.2, -0.15) is 0 Å². The summed E-state index contributed by atoms with van der Waals surface area (Å²) in [6.07, 6.45) is -0.565. The molecule has 0 spiro atoms. The quantitative estimate of drug-likeness (QED) is 0.535. The van der Waals surface area contributed by atoms with Gasteiger partial charge in [0.05, 0.1) is 12.5 Å². The third-order valence-corrected chi connectivity index (χ3v) is 2.05. The van der Waals surface area contributed by atoms with Crippen LogP contribution in [0.2, 0.25) is 0 Å². The van der Waals surface area contributed by atoms with E-state index >= 15 is 0 Å². The van der Waals surface area contributed by atoms with E-state index in [4.69, 9.17) is 4.74 Å². The molecule has 0 radical (unpaired) electrons. The Balaban J connectivity index is 2.44. The van der Waals surface area contributed by atoms with Crippen molar-refractivity contribution in [1.82, 2.24) is 5.32 Å². The van der Waals surface area contributed by atoms with Gasteiger partial charge in [-0.1, -0.05) is 6.92 Å². The van der Waals surface area contributed by atoms with Gasteiger partial charge in [0.2, 0.25) is 0 Å². The van der Waals surface area contributed by atoms with Crippen LogP contribution in [-0.4, -0.2) is 30.7 Å². The number of hydrogen-bond donors (Lipinski definition) is 1. The van der Waals surface area contributed by atoms with Gasteiger partial charge >= 0.3 is 18.0 Å². The lowest BCUT2D eigenvalue weighted by molar-refractivity contribution is -0.148. The maximum atomic E-state index is 11.2. The molecule has 1 aliphatic heterocycles. The molecule has 1 saturated heterocycles. The van der Waals surface area contributed by atoms with Gasteiger partial charge in [-0.25, -0.2) is 9.59 Å². The average Bonchev–Trinajstić information content (AvgIpc) is 2.45. The molecule has 6 heteroatoms. The largest absolute Gasteiger partial charge is 0.466 e. The maximum Gasteiger partial charge on any atom is 0.415 e. The van der Waals surface area contributed by atoms with E-state index in [2.05, 4.69) is 10.1 Å². The van der Waals surface area contributed by atoms with Crippen molar-refractivity contribution >= 4 is 18.0 Å². The molecule has 15 heavy (non-hydrogen) atoms. The number of nitrogens with one attached hydrogen (secondary N) is 1. The van der Waals surface area contributed by atoms with E-state index in [-0.39, 0.29) is 12.4 Å². The molecular formula is C9H13NO5. The minimum absolute atomic E-state index is 0.198. The number of carbonyl (C=O) groups is 3. The van der Waals surface area contributed by atoms with Crippen molar-refractivity contribution in [3.63, 3.8) is 0 Å². The molecule has 1 heterocycles. The Morgan fingerprint density at radius 3 is 2.73 bits per heavy atom. The van der Waals surface area contributed by atoms with E-state index in [9.17, 15) is 14.4 Å². The lowest BCUT2D eigenvalue weighted by Crippen LogP contribution is -2.32. The van der Waals surface area contributed by atoms with Crippen LogP contribution in [0.3, 0.4) is 0 Å². The Morgan fingerprint density at radius 2 is 2.27 bits per heavy atom. The Kier molecular flexibility index (Phi) is 3.65. The summed E-state index contributed by atoms with van der Waals surface area (Å²) in [6, 6.07) is -0.739. The summed E-state index contributed by atoms with van der Waals surface area (Å²) in [6.45, 7) is 3.64. The highest BCUT2D eigenvalue weighted by Crippen LogP contribution is 2.13. The fraction of sp³-hybridized carbons (Fsp3) is 0.667. The second-order valence-corrected chi connectivity index (χ2v) is 3.29. The number of cyclic esters (lactones) is 2. The fourth-order valence-corrected chi connectivity index (χ4v) is 1.28. The zero-order valence-corrected chi connectivity index (χ0v) is 8.61. The van der Waals surface area contributed by atoms with E-state index in [0.717, 1.165) is 0 Å². The normalized spacial score (nSPS) is 21.9. The first-order chi connectivity index (χ1) is 7.04. The molecule has 0 saturated carbocycles. The van der Waals surface area contributed by atoms with E-state index in [1.54, 1.807) is 13.8 Å². The van der Waals surface area contributed by atoms with E-state index < -0.39 is 24.0 Å². The second kappa shape index (κ2) is 4.77. The molecule has 0 bridgehead atoms. The number of alkyl carbamates (subject to hydrolysis) is 1. The minimum atomic E-state index is -0.763. The van der Waals surface area contributed by atoms with Gasteiger partial charge in [0, 0.05) is 0 Å². The summed E-state index contributed by atoms with van der Waals surface area (Å²) in [5.74, 6) is -1.47. The predicted molar refractivity (Wildman–Crippen MR) is 48.8 cm³/mol. The van der Waals surface area contributed by atoms with Gasteiger partial charge in [-0.3, -0.25) is 4.79 Å². The van der Waals surface area contributed by atoms with Crippen molar-refractivity contribution in [1.29, 1.82) is 0 Å². The van der Waals surface area contributed by atoms with E-state index in [0.29, 0.717) is 6.61 Å². The summed E-state index contributed by atoms with van der Waals surface area (Å²) in [5.41, 5.74) is 0. The van der Waals surface area contributed by atoms with Gasteiger partial charge < -0.3 is 14.8 Å². The van der Waals surface area contributed by atoms with Crippen LogP contribution in [0.25, 0.3) is 0 Å². The molecule has 1 fully saturated rings. The van der Waals surface area contributed by atoms with Crippen molar-refractivity contribution in [3.05, 3.63) is 0 Å². The third kappa shape index (κ3) is 2.93. The molecule has 1 unspecified atom stereocenters. The molecule has 2 atom stereocenters. The molecular weight excluding hydrogens is 202 g/mol. The van der Waals surface area contributed by atoms with Crippen molar-refractivity contribution in [2.75, 3.05) is 6.61 Å². The van der Waals surface area contributed by atoms with Crippen LogP contribution < -0.4 is 5.32 Å². The molecule has 0 aromatic carbocycles. The first-order valence-corrected chi connectivity index (χ1v) is 4.73. The minimum Gasteiger partial charge on any atom is -0.466 e. The molecule has 1 amide bonds. The number of rotatable bonds is 4. The van der Waals surface area contributed by atoms with Gasteiger partial charge in [0.1, 0.15) is 6.04 Å². The zero-order valence-electron chi connectivity index (χ0n) is 8.61. The van der Waals surface area contributed by atoms with Crippen molar-refractivity contribution in [2.45, 2.75) is 26.3 Å². The van der Waals surface area contributed by atoms with E-state index in [1.165, 1.54) is 0 Å². The average molecular weight is 215 g/mol. The smallest absolute Gasteiger partial charge is 0.415 e. The summed E-state index contributed by atoms with van der Waals surface area (Å²) in [5, 5.41) is 2.31. The monoisotopic (exact) mass is 215 g/mol. The zero-order chi connectivity index (χ0) is 11.4.